The highest BCUT2D eigenvalue weighted by atomic mass is 16.3. The van der Waals surface area contributed by atoms with E-state index in [1.165, 1.54) is 6.33 Å². The fourth-order valence-electron chi connectivity index (χ4n) is 2.13. The SMILES string of the molecule is c1coc(-c2nc3nc[nH]c3nc2Cc2ccncn2)c1. The summed E-state index contributed by atoms with van der Waals surface area (Å²) in [6.07, 6.45) is 6.95. The van der Waals surface area contributed by atoms with Gasteiger partial charge in [-0.3, -0.25) is 0 Å². The Kier molecular flexibility index (Phi) is 2.67. The first-order valence-electron chi connectivity index (χ1n) is 6.39. The molecule has 4 heterocycles. The molecule has 4 aromatic heterocycles. The Bertz CT molecular complexity index is 869. The van der Waals surface area contributed by atoms with Gasteiger partial charge in [-0.25, -0.2) is 24.9 Å². The standard InChI is InChI=1S/C14H10N6O/c1-2-11(21-5-1)12-10(6-9-3-4-15-7-16-9)19-13-14(20-12)18-8-17-13/h1-5,7-8H,6H2,(H,17,18,19,20). The Hall–Kier alpha value is -3.09. The Morgan fingerprint density at radius 1 is 1.14 bits per heavy atom. The lowest BCUT2D eigenvalue weighted by molar-refractivity contribution is 0.579. The van der Waals surface area contributed by atoms with Crippen molar-refractivity contribution in [2.75, 3.05) is 0 Å². The molecule has 0 fully saturated rings. The van der Waals surface area contributed by atoms with E-state index < -0.39 is 0 Å². The quantitative estimate of drug-likeness (QED) is 0.616. The molecule has 0 saturated heterocycles. The second kappa shape index (κ2) is 4.78. The van der Waals surface area contributed by atoms with Gasteiger partial charge in [0.05, 0.1) is 18.3 Å². The minimum absolute atomic E-state index is 0.542. The number of rotatable bonds is 3. The number of nitrogens with one attached hydrogen (secondary N) is 1. The predicted octanol–water partition coefficient (Wildman–Crippen LogP) is 1.99. The van der Waals surface area contributed by atoms with E-state index in [0.29, 0.717) is 29.2 Å². The molecule has 4 aromatic rings. The van der Waals surface area contributed by atoms with E-state index in [9.17, 15) is 0 Å². The highest BCUT2D eigenvalue weighted by Gasteiger charge is 2.15. The molecule has 0 unspecified atom stereocenters. The topological polar surface area (TPSA) is 93.4 Å². The average molecular weight is 278 g/mol. The summed E-state index contributed by atoms with van der Waals surface area (Å²) >= 11 is 0. The molecule has 4 rings (SSSR count). The first-order valence-corrected chi connectivity index (χ1v) is 6.39. The van der Waals surface area contributed by atoms with E-state index in [1.807, 2.05) is 18.2 Å². The third kappa shape index (κ3) is 2.14. The summed E-state index contributed by atoms with van der Waals surface area (Å²) in [6, 6.07) is 5.52. The monoisotopic (exact) mass is 278 g/mol. The Morgan fingerprint density at radius 2 is 2.14 bits per heavy atom. The number of fused-ring (bicyclic) bond motifs is 1. The maximum atomic E-state index is 5.45. The van der Waals surface area contributed by atoms with Gasteiger partial charge in [-0.1, -0.05) is 0 Å². The zero-order valence-electron chi connectivity index (χ0n) is 10.9. The molecular formula is C14H10N6O. The number of hydrogen-bond acceptors (Lipinski definition) is 6. The van der Waals surface area contributed by atoms with Crippen molar-refractivity contribution in [3.8, 4) is 11.5 Å². The second-order valence-electron chi connectivity index (χ2n) is 4.45. The molecule has 0 bridgehead atoms. The molecule has 102 valence electrons. The van der Waals surface area contributed by atoms with Crippen LogP contribution in [0.4, 0.5) is 0 Å². The Labute approximate surface area is 119 Å². The second-order valence-corrected chi connectivity index (χ2v) is 4.45. The van der Waals surface area contributed by atoms with Gasteiger partial charge in [-0.15, -0.1) is 0 Å². The van der Waals surface area contributed by atoms with Crippen LogP contribution in [0, 0.1) is 0 Å². The number of nitrogens with zero attached hydrogens (tertiary/aromatic N) is 5. The minimum Gasteiger partial charge on any atom is -0.463 e. The van der Waals surface area contributed by atoms with Crippen molar-refractivity contribution in [1.82, 2.24) is 29.9 Å². The van der Waals surface area contributed by atoms with Crippen molar-refractivity contribution in [3.63, 3.8) is 0 Å². The molecule has 0 saturated carbocycles. The van der Waals surface area contributed by atoms with E-state index >= 15 is 0 Å². The van der Waals surface area contributed by atoms with Crippen LogP contribution in [-0.4, -0.2) is 29.9 Å². The molecule has 21 heavy (non-hydrogen) atoms. The first-order chi connectivity index (χ1) is 10.4. The van der Waals surface area contributed by atoms with Gasteiger partial charge in [0.2, 0.25) is 0 Å². The van der Waals surface area contributed by atoms with Crippen LogP contribution in [0.15, 0.2) is 47.7 Å². The number of hydrogen-bond donors (Lipinski definition) is 1. The van der Waals surface area contributed by atoms with Crippen LogP contribution in [0.2, 0.25) is 0 Å². The van der Waals surface area contributed by atoms with E-state index in [0.717, 1.165) is 11.4 Å². The fraction of sp³-hybridized carbons (Fsp3) is 0.0714. The third-order valence-electron chi connectivity index (χ3n) is 3.08. The number of furan rings is 1. The molecule has 0 aromatic carbocycles. The third-order valence-corrected chi connectivity index (χ3v) is 3.08. The van der Waals surface area contributed by atoms with Gasteiger partial charge >= 0.3 is 0 Å². The number of H-pyrrole nitrogens is 1. The molecule has 0 spiro atoms. The van der Waals surface area contributed by atoms with Crippen molar-refractivity contribution in [1.29, 1.82) is 0 Å². The normalized spacial score (nSPS) is 11.0. The van der Waals surface area contributed by atoms with Crippen molar-refractivity contribution in [2.24, 2.45) is 0 Å². The highest BCUT2D eigenvalue weighted by Crippen LogP contribution is 2.24. The zero-order valence-corrected chi connectivity index (χ0v) is 10.9. The van der Waals surface area contributed by atoms with Crippen molar-refractivity contribution in [2.45, 2.75) is 6.42 Å². The largest absolute Gasteiger partial charge is 0.463 e. The maximum absolute atomic E-state index is 5.45. The van der Waals surface area contributed by atoms with Crippen LogP contribution >= 0.6 is 0 Å². The van der Waals surface area contributed by atoms with Gasteiger partial charge in [0.1, 0.15) is 12.0 Å². The van der Waals surface area contributed by atoms with Gasteiger partial charge in [-0.05, 0) is 18.2 Å². The van der Waals surface area contributed by atoms with Crippen LogP contribution < -0.4 is 0 Å². The summed E-state index contributed by atoms with van der Waals surface area (Å²) in [7, 11) is 0. The summed E-state index contributed by atoms with van der Waals surface area (Å²) < 4.78 is 5.45. The lowest BCUT2D eigenvalue weighted by atomic mass is 10.1. The first kappa shape index (κ1) is 11.7. The summed E-state index contributed by atoms with van der Waals surface area (Å²) in [4.78, 5) is 24.4. The van der Waals surface area contributed by atoms with E-state index in [4.69, 9.17) is 4.42 Å². The molecule has 1 N–H and O–H groups in total. The molecule has 0 amide bonds. The van der Waals surface area contributed by atoms with Crippen LogP contribution in [-0.2, 0) is 6.42 Å². The summed E-state index contributed by atoms with van der Waals surface area (Å²) in [5.41, 5.74) is 3.53. The molecule has 0 aliphatic heterocycles. The maximum Gasteiger partial charge on any atom is 0.197 e. The van der Waals surface area contributed by atoms with Gasteiger partial charge in [-0.2, -0.15) is 0 Å². The average Bonchev–Trinajstić information content (AvgIpc) is 3.18. The lowest BCUT2D eigenvalue weighted by Crippen LogP contribution is -2.01. The number of aromatic nitrogens is 6. The van der Waals surface area contributed by atoms with E-state index in [2.05, 4.69) is 29.9 Å². The minimum atomic E-state index is 0.542. The molecule has 0 aliphatic rings. The van der Waals surface area contributed by atoms with Crippen LogP contribution in [0.5, 0.6) is 0 Å². The molecule has 0 aliphatic carbocycles. The van der Waals surface area contributed by atoms with E-state index in [1.54, 1.807) is 18.8 Å². The summed E-state index contributed by atoms with van der Waals surface area (Å²) in [6.45, 7) is 0. The summed E-state index contributed by atoms with van der Waals surface area (Å²) in [5, 5.41) is 0. The van der Waals surface area contributed by atoms with Crippen LogP contribution in [0.25, 0.3) is 22.7 Å². The molecule has 7 nitrogen and oxygen atoms in total. The lowest BCUT2D eigenvalue weighted by Gasteiger charge is -2.05. The zero-order chi connectivity index (χ0) is 14.1. The van der Waals surface area contributed by atoms with Crippen LogP contribution in [0.3, 0.4) is 0 Å². The smallest absolute Gasteiger partial charge is 0.197 e. The van der Waals surface area contributed by atoms with Crippen LogP contribution in [0.1, 0.15) is 11.4 Å². The Balaban J connectivity index is 1.87. The van der Waals surface area contributed by atoms with Gasteiger partial charge in [0.25, 0.3) is 0 Å². The molecular weight excluding hydrogens is 268 g/mol. The summed E-state index contributed by atoms with van der Waals surface area (Å²) in [5.74, 6) is 0.663. The molecule has 0 atom stereocenters. The number of aromatic amines is 1. The fourth-order valence-corrected chi connectivity index (χ4v) is 2.13. The van der Waals surface area contributed by atoms with Crippen molar-refractivity contribution >= 4 is 11.3 Å². The predicted molar refractivity (Wildman–Crippen MR) is 74.2 cm³/mol. The van der Waals surface area contributed by atoms with E-state index in [-0.39, 0.29) is 0 Å². The number of imidazole rings is 1. The Morgan fingerprint density at radius 3 is 2.95 bits per heavy atom. The van der Waals surface area contributed by atoms with Crippen molar-refractivity contribution < 1.29 is 4.42 Å². The molecule has 7 heteroatoms. The van der Waals surface area contributed by atoms with Gasteiger partial charge in [0, 0.05) is 18.3 Å². The molecule has 0 radical (unpaired) electrons. The van der Waals surface area contributed by atoms with Crippen molar-refractivity contribution in [3.05, 3.63) is 54.7 Å². The highest BCUT2D eigenvalue weighted by molar-refractivity contribution is 5.70. The van der Waals surface area contributed by atoms with Gasteiger partial charge in [0.15, 0.2) is 17.1 Å². The van der Waals surface area contributed by atoms with Gasteiger partial charge < -0.3 is 9.40 Å².